The van der Waals surface area contributed by atoms with E-state index in [4.69, 9.17) is 6.57 Å². The van der Waals surface area contributed by atoms with Gasteiger partial charge in [0.25, 0.3) is 11.8 Å². The number of likely N-dealkylation sites (tertiary alicyclic amines) is 1. The third-order valence-electron chi connectivity index (χ3n) is 4.74. The minimum absolute atomic E-state index is 0.0150. The van der Waals surface area contributed by atoms with Gasteiger partial charge in [0.2, 0.25) is 5.69 Å². The van der Waals surface area contributed by atoms with Crippen LogP contribution >= 0.6 is 0 Å². The van der Waals surface area contributed by atoms with E-state index >= 15 is 0 Å². The summed E-state index contributed by atoms with van der Waals surface area (Å²) in [5.74, 6) is -3.13. The molecule has 1 saturated heterocycles. The summed E-state index contributed by atoms with van der Waals surface area (Å²) in [6, 6.07) is 8.41. The largest absolute Gasteiger partial charge is 0.337 e. The van der Waals surface area contributed by atoms with Crippen molar-refractivity contribution in [2.75, 3.05) is 13.1 Å². The monoisotopic (exact) mass is 394 g/mol. The molecule has 0 spiro atoms. The van der Waals surface area contributed by atoms with Crippen molar-refractivity contribution >= 4 is 11.6 Å². The predicted molar refractivity (Wildman–Crippen MR) is 101 cm³/mol. The molecule has 1 aliphatic rings. The maximum Gasteiger partial charge on any atom is 0.274 e. The van der Waals surface area contributed by atoms with Crippen LogP contribution in [0.25, 0.3) is 21.9 Å². The highest BCUT2D eigenvalue weighted by Crippen LogP contribution is 2.29. The molecule has 4 rings (SSSR count). The van der Waals surface area contributed by atoms with E-state index in [1.807, 2.05) is 0 Å². The van der Waals surface area contributed by atoms with Crippen LogP contribution in [-0.2, 0) is 0 Å². The van der Waals surface area contributed by atoms with Crippen LogP contribution in [0.15, 0.2) is 48.9 Å². The number of nitrogens with zero attached hydrogens (tertiary/aromatic N) is 6. The molecule has 146 valence electrons. The number of alkyl halides is 2. The molecule has 1 fully saturated rings. The summed E-state index contributed by atoms with van der Waals surface area (Å²) in [6.45, 7) is 7.02. The normalized spacial score (nSPS) is 15.7. The molecule has 0 radical (unpaired) electrons. The molecule has 29 heavy (non-hydrogen) atoms. The van der Waals surface area contributed by atoms with Crippen LogP contribution in [0.3, 0.4) is 0 Å². The second kappa shape index (κ2) is 7.39. The first-order valence-corrected chi connectivity index (χ1v) is 8.98. The lowest BCUT2D eigenvalue weighted by Crippen LogP contribution is -2.42. The first-order chi connectivity index (χ1) is 14.0. The Morgan fingerprint density at radius 2 is 1.97 bits per heavy atom. The Bertz CT molecular complexity index is 1060. The molecular weight excluding hydrogens is 378 g/mol. The van der Waals surface area contributed by atoms with Gasteiger partial charge in [-0.2, -0.15) is 5.10 Å². The van der Waals surface area contributed by atoms with E-state index in [2.05, 4.69) is 19.9 Å². The Kier molecular flexibility index (Phi) is 4.76. The highest BCUT2D eigenvalue weighted by atomic mass is 19.3. The van der Waals surface area contributed by atoms with Gasteiger partial charge in [0.1, 0.15) is 0 Å². The fraction of sp³-hybridized carbons (Fsp3) is 0.250. The van der Waals surface area contributed by atoms with Crippen molar-refractivity contribution in [3.63, 3.8) is 0 Å². The Balaban J connectivity index is 1.72. The van der Waals surface area contributed by atoms with E-state index < -0.39 is 11.8 Å². The molecule has 7 nitrogen and oxygen atoms in total. The summed E-state index contributed by atoms with van der Waals surface area (Å²) < 4.78 is 28.4. The zero-order chi connectivity index (χ0) is 20.4. The lowest BCUT2D eigenvalue weighted by atomic mass is 10.1. The molecule has 1 amide bonds. The topological polar surface area (TPSA) is 68.3 Å². The first kappa shape index (κ1) is 18.7. The number of hydrogen-bond acceptors (Lipinski definition) is 4. The minimum Gasteiger partial charge on any atom is -0.337 e. The molecule has 3 aromatic heterocycles. The van der Waals surface area contributed by atoms with E-state index in [-0.39, 0.29) is 31.6 Å². The van der Waals surface area contributed by atoms with Crippen molar-refractivity contribution in [3.8, 4) is 17.1 Å². The van der Waals surface area contributed by atoms with Crippen LogP contribution in [0.4, 0.5) is 14.5 Å². The van der Waals surface area contributed by atoms with Crippen molar-refractivity contribution in [1.29, 1.82) is 0 Å². The van der Waals surface area contributed by atoms with Crippen LogP contribution < -0.4 is 0 Å². The van der Waals surface area contributed by atoms with Crippen molar-refractivity contribution in [1.82, 2.24) is 24.6 Å². The van der Waals surface area contributed by atoms with Gasteiger partial charge in [0.05, 0.1) is 29.8 Å². The highest BCUT2D eigenvalue weighted by molar-refractivity contribution is 5.93. The van der Waals surface area contributed by atoms with Crippen LogP contribution in [0, 0.1) is 6.57 Å². The van der Waals surface area contributed by atoms with Gasteiger partial charge in [0.15, 0.2) is 5.69 Å². The number of piperidine rings is 1. The quantitative estimate of drug-likeness (QED) is 0.635. The molecule has 0 atom stereocenters. The second-order valence-electron chi connectivity index (χ2n) is 6.70. The number of carbonyl (C=O) groups excluding carboxylic acids is 1. The molecule has 1 aliphatic heterocycles. The van der Waals surface area contributed by atoms with E-state index in [0.717, 1.165) is 0 Å². The van der Waals surface area contributed by atoms with Gasteiger partial charge >= 0.3 is 0 Å². The Morgan fingerprint density at radius 3 is 2.59 bits per heavy atom. The Hall–Kier alpha value is -3.67. The van der Waals surface area contributed by atoms with E-state index in [1.54, 1.807) is 47.4 Å². The van der Waals surface area contributed by atoms with E-state index in [1.165, 1.54) is 11.1 Å². The van der Waals surface area contributed by atoms with Gasteiger partial charge in [-0.1, -0.05) is 6.07 Å². The highest BCUT2D eigenvalue weighted by Gasteiger charge is 2.36. The van der Waals surface area contributed by atoms with Crippen LogP contribution in [0.5, 0.6) is 0 Å². The van der Waals surface area contributed by atoms with Crippen molar-refractivity contribution < 1.29 is 13.6 Å². The summed E-state index contributed by atoms with van der Waals surface area (Å²) in [6.07, 6.45) is 3.95. The number of hydrogen-bond donors (Lipinski definition) is 0. The van der Waals surface area contributed by atoms with Gasteiger partial charge in [-0.15, -0.1) is 0 Å². The number of halogens is 2. The fourth-order valence-electron chi connectivity index (χ4n) is 3.15. The number of rotatable bonds is 3. The molecule has 0 N–H and O–H groups in total. The van der Waals surface area contributed by atoms with Crippen molar-refractivity contribution in [2.45, 2.75) is 18.8 Å². The molecule has 3 aromatic rings. The number of pyridine rings is 2. The Morgan fingerprint density at radius 1 is 1.17 bits per heavy atom. The van der Waals surface area contributed by atoms with Crippen LogP contribution in [0.1, 0.15) is 23.3 Å². The number of carbonyl (C=O) groups is 1. The van der Waals surface area contributed by atoms with E-state index in [0.29, 0.717) is 22.8 Å². The third kappa shape index (κ3) is 3.82. The summed E-state index contributed by atoms with van der Waals surface area (Å²) in [5.41, 5.74) is 2.23. The average Bonchev–Trinajstić information content (AvgIpc) is 3.19. The van der Waals surface area contributed by atoms with Crippen molar-refractivity contribution in [2.24, 2.45) is 0 Å². The zero-order valence-corrected chi connectivity index (χ0v) is 15.3. The molecule has 0 unspecified atom stereocenters. The van der Waals surface area contributed by atoms with Gasteiger partial charge in [-0.05, 0) is 24.3 Å². The van der Waals surface area contributed by atoms with E-state index in [9.17, 15) is 13.6 Å². The van der Waals surface area contributed by atoms with Gasteiger partial charge in [-0.3, -0.25) is 14.8 Å². The lowest BCUT2D eigenvalue weighted by Gasteiger charge is -2.31. The SMILES string of the molecule is [C-]#[N+]c1ccc(-c2cc(C(=O)N3CCC(F)(F)CC3)nn2-c2cccnc2)nc1. The number of amides is 1. The predicted octanol–water partition coefficient (Wildman–Crippen LogP) is 3.75. The maximum atomic E-state index is 13.4. The molecule has 9 heteroatoms. The smallest absolute Gasteiger partial charge is 0.274 e. The second-order valence-corrected chi connectivity index (χ2v) is 6.70. The summed E-state index contributed by atoms with van der Waals surface area (Å²) in [7, 11) is 0. The molecule has 0 aromatic carbocycles. The summed E-state index contributed by atoms with van der Waals surface area (Å²) in [4.78, 5) is 26.0. The van der Waals surface area contributed by atoms with Crippen LogP contribution in [-0.4, -0.2) is 49.6 Å². The van der Waals surface area contributed by atoms with Crippen LogP contribution in [0.2, 0.25) is 0 Å². The maximum absolute atomic E-state index is 13.4. The Labute approximate surface area is 165 Å². The standard InChI is InChI=1S/C20H16F2N6O/c1-23-14-4-5-16(25-12-14)18-11-17(26-28(18)15-3-2-8-24-13-15)19(29)27-9-6-20(21,22)7-10-27/h2-5,8,11-13H,6-7,9-10H2. The zero-order valence-electron chi connectivity index (χ0n) is 15.3. The molecule has 0 aliphatic carbocycles. The lowest BCUT2D eigenvalue weighted by molar-refractivity contribution is -0.0495. The fourth-order valence-corrected chi connectivity index (χ4v) is 3.15. The number of aromatic nitrogens is 4. The van der Waals surface area contributed by atoms with Gasteiger partial charge in [0, 0.05) is 38.3 Å². The first-order valence-electron chi connectivity index (χ1n) is 8.98. The van der Waals surface area contributed by atoms with Crippen molar-refractivity contribution in [3.05, 3.63) is 66.0 Å². The summed E-state index contributed by atoms with van der Waals surface area (Å²) >= 11 is 0. The molecular formula is C20H16F2N6O. The molecule has 0 saturated carbocycles. The molecule has 4 heterocycles. The average molecular weight is 394 g/mol. The third-order valence-corrected chi connectivity index (χ3v) is 4.74. The molecule has 0 bridgehead atoms. The minimum atomic E-state index is -2.73. The van der Waals surface area contributed by atoms with Gasteiger partial charge < -0.3 is 4.90 Å². The van der Waals surface area contributed by atoms with Gasteiger partial charge in [-0.25, -0.2) is 18.3 Å². The summed E-state index contributed by atoms with van der Waals surface area (Å²) in [5, 5.41) is 4.41.